The Hall–Kier alpha value is -0.590. The monoisotopic (exact) mass is 335 g/mol. The molecule has 0 aliphatic rings. The Bertz CT molecular complexity index is 378. The van der Waals surface area contributed by atoms with Crippen molar-refractivity contribution in [1.82, 2.24) is 9.97 Å². The molecule has 0 aliphatic carbocycles. The molecule has 0 spiro atoms. The van der Waals surface area contributed by atoms with Gasteiger partial charge in [-0.25, -0.2) is 4.98 Å². The molecule has 1 aromatic rings. The van der Waals surface area contributed by atoms with E-state index in [0.29, 0.717) is 15.4 Å². The van der Waals surface area contributed by atoms with Crippen molar-refractivity contribution in [3.8, 4) is 0 Å². The van der Waals surface area contributed by atoms with Crippen LogP contribution in [0.2, 0.25) is 0 Å². The van der Waals surface area contributed by atoms with Gasteiger partial charge in [-0.05, 0) is 35.9 Å². The number of aromatic amines is 1. The second kappa shape index (κ2) is 6.88. The molecule has 2 N–H and O–H groups in total. The number of aromatic nitrogens is 2. The van der Waals surface area contributed by atoms with Crippen LogP contribution in [0.4, 0.5) is 5.82 Å². The minimum Gasteiger partial charge on any atom is -0.367 e. The maximum atomic E-state index is 11.3. The van der Waals surface area contributed by atoms with Crippen LogP contribution in [-0.2, 0) is 0 Å². The van der Waals surface area contributed by atoms with Crippen LogP contribution in [0.3, 0.4) is 0 Å². The van der Waals surface area contributed by atoms with Gasteiger partial charge in [0, 0.05) is 6.04 Å². The summed E-state index contributed by atoms with van der Waals surface area (Å²) >= 11 is 2.01. The Morgan fingerprint density at radius 1 is 1.56 bits per heavy atom. The summed E-state index contributed by atoms with van der Waals surface area (Å²) in [5.74, 6) is 0.688. The van der Waals surface area contributed by atoms with E-state index in [9.17, 15) is 4.79 Å². The van der Waals surface area contributed by atoms with Crippen molar-refractivity contribution >= 4 is 28.4 Å². The molecule has 0 bridgehead atoms. The molecule has 0 aromatic carbocycles. The van der Waals surface area contributed by atoms with Crippen LogP contribution in [0.1, 0.15) is 39.5 Å². The molecule has 0 saturated carbocycles. The van der Waals surface area contributed by atoms with Gasteiger partial charge in [0.1, 0.15) is 9.39 Å². The molecule has 16 heavy (non-hydrogen) atoms. The third-order valence-electron chi connectivity index (χ3n) is 2.42. The molecule has 1 rings (SSSR count). The molecule has 0 radical (unpaired) electrons. The summed E-state index contributed by atoms with van der Waals surface area (Å²) in [4.78, 5) is 18.0. The zero-order chi connectivity index (χ0) is 12.0. The van der Waals surface area contributed by atoms with Crippen molar-refractivity contribution in [3.63, 3.8) is 0 Å². The van der Waals surface area contributed by atoms with Gasteiger partial charge in [0.15, 0.2) is 0 Å². The van der Waals surface area contributed by atoms with Gasteiger partial charge in [0.05, 0.1) is 6.33 Å². The highest BCUT2D eigenvalue weighted by Crippen LogP contribution is 2.12. The van der Waals surface area contributed by atoms with E-state index in [1.54, 1.807) is 0 Å². The number of halogens is 1. The van der Waals surface area contributed by atoms with Gasteiger partial charge in [0.25, 0.3) is 5.56 Å². The van der Waals surface area contributed by atoms with E-state index in [-0.39, 0.29) is 5.56 Å². The molecule has 0 aliphatic heterocycles. The van der Waals surface area contributed by atoms with Crippen LogP contribution in [0.15, 0.2) is 11.1 Å². The summed E-state index contributed by atoms with van der Waals surface area (Å²) in [5, 5.41) is 3.27. The van der Waals surface area contributed by atoms with Crippen molar-refractivity contribution in [3.05, 3.63) is 20.3 Å². The molecule has 1 atom stereocenters. The average molecular weight is 335 g/mol. The highest BCUT2D eigenvalue weighted by atomic mass is 127. The van der Waals surface area contributed by atoms with E-state index < -0.39 is 0 Å². The van der Waals surface area contributed by atoms with Crippen LogP contribution in [0, 0.1) is 3.57 Å². The van der Waals surface area contributed by atoms with Crippen LogP contribution >= 0.6 is 22.6 Å². The van der Waals surface area contributed by atoms with Crippen molar-refractivity contribution in [1.29, 1.82) is 0 Å². The second-order valence-electron chi connectivity index (χ2n) is 3.94. The molecule has 0 amide bonds. The number of hydrogen-bond donors (Lipinski definition) is 2. The molecule has 90 valence electrons. The number of hydrogen-bond acceptors (Lipinski definition) is 3. The minimum absolute atomic E-state index is 0.0844. The summed E-state index contributed by atoms with van der Waals surface area (Å²) in [7, 11) is 0. The van der Waals surface area contributed by atoms with E-state index in [0.717, 1.165) is 6.42 Å². The fourth-order valence-corrected chi connectivity index (χ4v) is 1.94. The normalized spacial score (nSPS) is 12.4. The lowest BCUT2D eigenvalue weighted by Crippen LogP contribution is -2.21. The number of rotatable bonds is 6. The lowest BCUT2D eigenvalue weighted by Gasteiger charge is -2.14. The SMILES string of the molecule is CCCCCC(C)Nc1nc[nH]c(=O)c1I. The fraction of sp³-hybridized carbons (Fsp3) is 0.636. The number of nitrogens with one attached hydrogen (secondary N) is 2. The van der Waals surface area contributed by atoms with Crippen LogP contribution in [0.25, 0.3) is 0 Å². The van der Waals surface area contributed by atoms with Gasteiger partial charge < -0.3 is 10.3 Å². The molecule has 1 heterocycles. The molecule has 1 unspecified atom stereocenters. The van der Waals surface area contributed by atoms with Gasteiger partial charge >= 0.3 is 0 Å². The molecular weight excluding hydrogens is 317 g/mol. The molecular formula is C11H18IN3O. The Morgan fingerprint density at radius 2 is 2.31 bits per heavy atom. The van der Waals surface area contributed by atoms with E-state index in [4.69, 9.17) is 0 Å². The average Bonchev–Trinajstić information content (AvgIpc) is 2.25. The van der Waals surface area contributed by atoms with Crippen molar-refractivity contribution in [2.75, 3.05) is 5.32 Å². The summed E-state index contributed by atoms with van der Waals surface area (Å²) in [5.41, 5.74) is -0.0844. The van der Waals surface area contributed by atoms with Crippen molar-refractivity contribution < 1.29 is 0 Å². The number of unbranched alkanes of at least 4 members (excludes halogenated alkanes) is 2. The molecule has 1 aromatic heterocycles. The smallest absolute Gasteiger partial charge is 0.266 e. The Balaban J connectivity index is 2.52. The van der Waals surface area contributed by atoms with Crippen molar-refractivity contribution in [2.24, 2.45) is 0 Å². The second-order valence-corrected chi connectivity index (χ2v) is 5.01. The zero-order valence-electron chi connectivity index (χ0n) is 9.72. The van der Waals surface area contributed by atoms with Gasteiger partial charge in [-0.15, -0.1) is 0 Å². The minimum atomic E-state index is -0.0844. The van der Waals surface area contributed by atoms with Gasteiger partial charge in [0.2, 0.25) is 0 Å². The van der Waals surface area contributed by atoms with Gasteiger partial charge in [-0.3, -0.25) is 4.79 Å². The van der Waals surface area contributed by atoms with Crippen LogP contribution < -0.4 is 10.9 Å². The van der Waals surface area contributed by atoms with E-state index in [2.05, 4.69) is 29.1 Å². The molecule has 4 nitrogen and oxygen atoms in total. The van der Waals surface area contributed by atoms with Crippen molar-refractivity contribution in [2.45, 2.75) is 45.6 Å². The molecule has 0 saturated heterocycles. The summed E-state index contributed by atoms with van der Waals surface area (Å²) in [6.07, 6.45) is 6.24. The highest BCUT2D eigenvalue weighted by molar-refractivity contribution is 14.1. The number of nitrogens with zero attached hydrogens (tertiary/aromatic N) is 1. The largest absolute Gasteiger partial charge is 0.367 e. The lowest BCUT2D eigenvalue weighted by molar-refractivity contribution is 0.613. The maximum Gasteiger partial charge on any atom is 0.266 e. The Kier molecular flexibility index (Phi) is 5.79. The van der Waals surface area contributed by atoms with Crippen LogP contribution in [-0.4, -0.2) is 16.0 Å². The van der Waals surface area contributed by atoms with E-state index in [1.165, 1.54) is 25.6 Å². The quantitative estimate of drug-likeness (QED) is 0.621. The van der Waals surface area contributed by atoms with Crippen LogP contribution in [0.5, 0.6) is 0 Å². The Labute approximate surface area is 109 Å². The first-order chi connectivity index (χ1) is 7.65. The highest BCUT2D eigenvalue weighted by Gasteiger charge is 2.08. The predicted octanol–water partition coefficient (Wildman–Crippen LogP) is 2.76. The summed E-state index contributed by atoms with van der Waals surface area (Å²) in [6, 6.07) is 0.356. The summed E-state index contributed by atoms with van der Waals surface area (Å²) in [6.45, 7) is 4.31. The van der Waals surface area contributed by atoms with Gasteiger partial charge in [-0.2, -0.15) is 0 Å². The number of H-pyrrole nitrogens is 1. The Morgan fingerprint density at radius 3 is 3.00 bits per heavy atom. The van der Waals surface area contributed by atoms with Gasteiger partial charge in [-0.1, -0.05) is 26.2 Å². The first-order valence-electron chi connectivity index (χ1n) is 5.64. The first kappa shape index (κ1) is 13.5. The van der Waals surface area contributed by atoms with E-state index >= 15 is 0 Å². The maximum absolute atomic E-state index is 11.3. The molecule has 0 fully saturated rings. The fourth-order valence-electron chi connectivity index (χ4n) is 1.49. The molecule has 5 heteroatoms. The third kappa shape index (κ3) is 4.11. The summed E-state index contributed by atoms with van der Waals surface area (Å²) < 4.78 is 0.627. The lowest BCUT2D eigenvalue weighted by atomic mass is 10.1. The topological polar surface area (TPSA) is 57.8 Å². The number of anilines is 1. The standard InChI is InChI=1S/C11H18IN3O/c1-3-4-5-6-8(2)15-10-9(12)11(16)14-7-13-10/h7-8H,3-6H2,1-2H3,(H2,13,14,15,16). The first-order valence-corrected chi connectivity index (χ1v) is 6.72. The third-order valence-corrected chi connectivity index (χ3v) is 3.42. The zero-order valence-corrected chi connectivity index (χ0v) is 11.9. The van der Waals surface area contributed by atoms with E-state index in [1.807, 2.05) is 22.6 Å². The predicted molar refractivity (Wildman–Crippen MR) is 74.8 cm³/mol.